The molecule has 0 saturated carbocycles. The van der Waals surface area contributed by atoms with Crippen molar-refractivity contribution >= 4 is 11.6 Å². The van der Waals surface area contributed by atoms with E-state index >= 15 is 0 Å². The molecule has 2 heterocycles. The van der Waals surface area contributed by atoms with Gasteiger partial charge < -0.3 is 0 Å². The van der Waals surface area contributed by atoms with Crippen molar-refractivity contribution in [3.05, 3.63) is 35.2 Å². The van der Waals surface area contributed by atoms with Gasteiger partial charge in [0.2, 0.25) is 0 Å². The Morgan fingerprint density at radius 3 is 2.60 bits per heavy atom. The molecule has 2 aromatic heterocycles. The number of halogens is 1. The molecule has 0 aliphatic carbocycles. The quantitative estimate of drug-likeness (QED) is 0.784. The van der Waals surface area contributed by atoms with E-state index in [1.807, 2.05) is 12.4 Å². The Hall–Kier alpha value is -1.42. The Morgan fingerprint density at radius 2 is 2.07 bits per heavy atom. The lowest BCUT2D eigenvalue weighted by Crippen LogP contribution is -1.99. The predicted octanol–water partition coefficient (Wildman–Crippen LogP) is 2.44. The van der Waals surface area contributed by atoms with E-state index in [4.69, 9.17) is 11.6 Å². The van der Waals surface area contributed by atoms with Crippen molar-refractivity contribution in [2.24, 2.45) is 0 Å². The Labute approximate surface area is 92.9 Å². The van der Waals surface area contributed by atoms with E-state index in [1.54, 1.807) is 16.8 Å². The topological polar surface area (TPSA) is 43.6 Å². The summed E-state index contributed by atoms with van der Waals surface area (Å²) in [5.41, 5.74) is 1.17. The van der Waals surface area contributed by atoms with E-state index in [0.29, 0.717) is 16.9 Å². The second kappa shape index (κ2) is 3.98. The molecule has 0 unspecified atom stereocenters. The second-order valence-corrected chi connectivity index (χ2v) is 3.97. The van der Waals surface area contributed by atoms with E-state index in [2.05, 4.69) is 29.1 Å². The molecule has 0 aliphatic rings. The summed E-state index contributed by atoms with van der Waals surface area (Å²) >= 11 is 5.65. The number of aromatic nitrogens is 4. The van der Waals surface area contributed by atoms with Gasteiger partial charge in [0.15, 0.2) is 11.0 Å². The van der Waals surface area contributed by atoms with E-state index < -0.39 is 0 Å². The van der Waals surface area contributed by atoms with Gasteiger partial charge in [-0.25, -0.2) is 4.68 Å². The van der Waals surface area contributed by atoms with Gasteiger partial charge in [0.1, 0.15) is 0 Å². The average molecular weight is 223 g/mol. The van der Waals surface area contributed by atoms with Crippen molar-refractivity contribution in [2.45, 2.75) is 19.8 Å². The lowest BCUT2D eigenvalue weighted by molar-refractivity contribution is 0.810. The van der Waals surface area contributed by atoms with Crippen LogP contribution in [0.2, 0.25) is 5.15 Å². The number of nitrogens with zero attached hydrogens (tertiary/aromatic N) is 4. The molecule has 2 rings (SSSR count). The molecule has 0 radical (unpaired) electrons. The summed E-state index contributed by atoms with van der Waals surface area (Å²) in [6.07, 6.45) is 3.78. The van der Waals surface area contributed by atoms with Gasteiger partial charge in [-0.3, -0.25) is 0 Å². The predicted molar refractivity (Wildman–Crippen MR) is 58.3 cm³/mol. The molecule has 0 N–H and O–H groups in total. The molecule has 0 aliphatic heterocycles. The maximum atomic E-state index is 5.65. The highest BCUT2D eigenvalue weighted by molar-refractivity contribution is 6.29. The van der Waals surface area contributed by atoms with Crippen molar-refractivity contribution in [2.75, 3.05) is 0 Å². The third-order valence-corrected chi connectivity index (χ3v) is 2.32. The van der Waals surface area contributed by atoms with Crippen LogP contribution in [-0.4, -0.2) is 20.0 Å². The van der Waals surface area contributed by atoms with Gasteiger partial charge in [-0.15, -0.1) is 10.2 Å². The molecule has 0 fully saturated rings. The second-order valence-electron chi connectivity index (χ2n) is 3.59. The molecular weight excluding hydrogens is 212 g/mol. The van der Waals surface area contributed by atoms with Crippen LogP contribution in [0.15, 0.2) is 24.5 Å². The summed E-state index contributed by atoms with van der Waals surface area (Å²) < 4.78 is 1.69. The lowest BCUT2D eigenvalue weighted by Gasteiger charge is -1.99. The van der Waals surface area contributed by atoms with Crippen molar-refractivity contribution in [3.8, 4) is 5.82 Å². The Balaban J connectivity index is 2.33. The monoisotopic (exact) mass is 222 g/mol. The molecule has 0 aromatic carbocycles. The van der Waals surface area contributed by atoms with Crippen molar-refractivity contribution in [3.63, 3.8) is 0 Å². The van der Waals surface area contributed by atoms with Crippen molar-refractivity contribution < 1.29 is 0 Å². The molecule has 4 nitrogen and oxygen atoms in total. The van der Waals surface area contributed by atoms with Crippen LogP contribution in [-0.2, 0) is 0 Å². The molecule has 0 spiro atoms. The van der Waals surface area contributed by atoms with Crippen LogP contribution in [0.3, 0.4) is 0 Å². The number of hydrogen-bond acceptors (Lipinski definition) is 3. The summed E-state index contributed by atoms with van der Waals surface area (Å²) in [5, 5.41) is 12.3. The Bertz CT molecular complexity index is 447. The molecule has 2 aromatic rings. The molecule has 0 bridgehead atoms. The average Bonchev–Trinajstić information content (AvgIpc) is 2.68. The third-order valence-electron chi connectivity index (χ3n) is 2.12. The number of rotatable bonds is 2. The van der Waals surface area contributed by atoms with Crippen LogP contribution >= 0.6 is 11.6 Å². The van der Waals surface area contributed by atoms with Crippen LogP contribution in [0.5, 0.6) is 0 Å². The first-order chi connectivity index (χ1) is 7.16. The first kappa shape index (κ1) is 10.1. The minimum Gasteiger partial charge on any atom is -0.221 e. The fraction of sp³-hybridized carbons (Fsp3) is 0.300. The van der Waals surface area contributed by atoms with Gasteiger partial charge in [-0.05, 0) is 23.6 Å². The first-order valence-corrected chi connectivity index (χ1v) is 5.09. The molecule has 15 heavy (non-hydrogen) atoms. The summed E-state index contributed by atoms with van der Waals surface area (Å²) in [5.74, 6) is 1.13. The zero-order valence-electron chi connectivity index (χ0n) is 8.55. The van der Waals surface area contributed by atoms with Crippen molar-refractivity contribution in [1.29, 1.82) is 0 Å². The summed E-state index contributed by atoms with van der Waals surface area (Å²) in [6, 6.07) is 3.48. The lowest BCUT2D eigenvalue weighted by atomic mass is 10.1. The van der Waals surface area contributed by atoms with E-state index in [9.17, 15) is 0 Å². The van der Waals surface area contributed by atoms with Gasteiger partial charge in [0.25, 0.3) is 0 Å². The van der Waals surface area contributed by atoms with E-state index in [-0.39, 0.29) is 0 Å². The largest absolute Gasteiger partial charge is 0.221 e. The maximum absolute atomic E-state index is 5.65. The van der Waals surface area contributed by atoms with Crippen LogP contribution in [0.25, 0.3) is 5.82 Å². The normalized spacial score (nSPS) is 10.9. The van der Waals surface area contributed by atoms with Gasteiger partial charge in [0.05, 0.1) is 6.20 Å². The standard InChI is InChI=1S/C10H11ClN4/c1-7(2)8-5-12-15(6-8)10-4-3-9(11)13-14-10/h3-7H,1-2H3. The van der Waals surface area contributed by atoms with Gasteiger partial charge in [-0.1, -0.05) is 25.4 Å². The highest BCUT2D eigenvalue weighted by Crippen LogP contribution is 2.14. The SMILES string of the molecule is CC(C)c1cnn(-c2ccc(Cl)nn2)c1. The molecular formula is C10H11ClN4. The van der Waals surface area contributed by atoms with Crippen LogP contribution < -0.4 is 0 Å². The third kappa shape index (κ3) is 2.15. The van der Waals surface area contributed by atoms with Gasteiger partial charge >= 0.3 is 0 Å². The zero-order chi connectivity index (χ0) is 10.8. The summed E-state index contributed by atoms with van der Waals surface area (Å²) in [7, 11) is 0. The minimum atomic E-state index is 0.384. The highest BCUT2D eigenvalue weighted by atomic mass is 35.5. The molecule has 0 amide bonds. The summed E-state index contributed by atoms with van der Waals surface area (Å²) in [6.45, 7) is 4.24. The maximum Gasteiger partial charge on any atom is 0.175 e. The molecule has 5 heteroatoms. The molecule has 78 valence electrons. The Morgan fingerprint density at radius 1 is 1.27 bits per heavy atom. The van der Waals surface area contributed by atoms with Gasteiger partial charge in [0, 0.05) is 6.20 Å². The fourth-order valence-electron chi connectivity index (χ4n) is 1.19. The highest BCUT2D eigenvalue weighted by Gasteiger charge is 2.05. The van der Waals surface area contributed by atoms with E-state index in [1.165, 1.54) is 5.56 Å². The Kier molecular flexibility index (Phi) is 2.68. The van der Waals surface area contributed by atoms with E-state index in [0.717, 1.165) is 0 Å². The van der Waals surface area contributed by atoms with Crippen LogP contribution in [0.4, 0.5) is 0 Å². The van der Waals surface area contributed by atoms with Crippen molar-refractivity contribution in [1.82, 2.24) is 20.0 Å². The fourth-order valence-corrected chi connectivity index (χ4v) is 1.29. The van der Waals surface area contributed by atoms with Crippen LogP contribution in [0, 0.1) is 0 Å². The van der Waals surface area contributed by atoms with Crippen LogP contribution in [0.1, 0.15) is 25.3 Å². The smallest absolute Gasteiger partial charge is 0.175 e. The molecule has 0 saturated heterocycles. The zero-order valence-corrected chi connectivity index (χ0v) is 9.31. The number of hydrogen-bond donors (Lipinski definition) is 0. The van der Waals surface area contributed by atoms with Gasteiger partial charge in [-0.2, -0.15) is 5.10 Å². The first-order valence-electron chi connectivity index (χ1n) is 4.71. The molecule has 0 atom stereocenters. The minimum absolute atomic E-state index is 0.384. The summed E-state index contributed by atoms with van der Waals surface area (Å²) in [4.78, 5) is 0.